The Hall–Kier alpha value is -1.29. The lowest BCUT2D eigenvalue weighted by Crippen LogP contribution is -2.47. The second-order valence-electron chi connectivity index (χ2n) is 5.48. The molecule has 5 heteroatoms. The van der Waals surface area contributed by atoms with Gasteiger partial charge in [0.15, 0.2) is 0 Å². The lowest BCUT2D eigenvalue weighted by atomic mass is 10.0. The number of hydrogen-bond donors (Lipinski definition) is 0. The van der Waals surface area contributed by atoms with Crippen molar-refractivity contribution < 1.29 is 13.9 Å². The van der Waals surface area contributed by atoms with Crippen LogP contribution in [0, 0.1) is 5.82 Å². The average Bonchev–Trinajstić information content (AvgIpc) is 2.70. The topological polar surface area (TPSA) is 29.5 Å². The maximum Gasteiger partial charge on any atom is 0.261 e. The molecular formula is C15H17ClFNO2. The number of rotatable bonds is 2. The van der Waals surface area contributed by atoms with Gasteiger partial charge >= 0.3 is 0 Å². The minimum Gasteiger partial charge on any atom is -0.496 e. The van der Waals surface area contributed by atoms with Crippen LogP contribution in [0.3, 0.4) is 0 Å². The molecule has 2 bridgehead atoms. The smallest absolute Gasteiger partial charge is 0.261 e. The number of carbonyl (C=O) groups is 1. The molecule has 2 unspecified atom stereocenters. The Labute approximate surface area is 122 Å². The van der Waals surface area contributed by atoms with Gasteiger partial charge in [0.05, 0.1) is 7.11 Å². The van der Waals surface area contributed by atoms with Crippen LogP contribution >= 0.6 is 11.6 Å². The minimum atomic E-state index is -0.526. The van der Waals surface area contributed by atoms with Crippen molar-refractivity contribution in [2.75, 3.05) is 7.11 Å². The van der Waals surface area contributed by atoms with Gasteiger partial charge in [-0.3, -0.25) is 4.79 Å². The summed E-state index contributed by atoms with van der Waals surface area (Å²) in [5.74, 6) is -0.500. The van der Waals surface area contributed by atoms with Gasteiger partial charge in [0, 0.05) is 17.5 Å². The lowest BCUT2D eigenvalue weighted by molar-refractivity contribution is 0.0591. The minimum absolute atomic E-state index is 0.0416. The number of nitrogens with zero attached hydrogens (tertiary/aromatic N) is 1. The van der Waals surface area contributed by atoms with E-state index in [1.54, 1.807) is 12.1 Å². The van der Waals surface area contributed by atoms with E-state index in [-0.39, 0.29) is 28.9 Å². The highest BCUT2D eigenvalue weighted by Crippen LogP contribution is 2.39. The van der Waals surface area contributed by atoms with Crippen LogP contribution in [-0.2, 0) is 0 Å². The molecule has 0 spiro atoms. The molecule has 20 heavy (non-hydrogen) atoms. The van der Waals surface area contributed by atoms with E-state index in [1.165, 1.54) is 13.2 Å². The second-order valence-corrected chi connectivity index (χ2v) is 6.10. The van der Waals surface area contributed by atoms with Gasteiger partial charge < -0.3 is 9.64 Å². The number of carbonyl (C=O) groups excluding carboxylic acids is 1. The van der Waals surface area contributed by atoms with Gasteiger partial charge in [-0.2, -0.15) is 0 Å². The van der Waals surface area contributed by atoms with E-state index in [9.17, 15) is 9.18 Å². The van der Waals surface area contributed by atoms with E-state index in [2.05, 4.69) is 0 Å². The van der Waals surface area contributed by atoms with Crippen molar-refractivity contribution in [3.05, 3.63) is 29.6 Å². The fourth-order valence-corrected chi connectivity index (χ4v) is 3.86. The van der Waals surface area contributed by atoms with Gasteiger partial charge in [0.1, 0.15) is 17.1 Å². The molecule has 0 radical (unpaired) electrons. The molecule has 2 heterocycles. The van der Waals surface area contributed by atoms with Crippen molar-refractivity contribution in [1.29, 1.82) is 0 Å². The first-order valence-corrected chi connectivity index (χ1v) is 7.34. The Morgan fingerprint density at radius 3 is 2.60 bits per heavy atom. The maximum atomic E-state index is 14.0. The number of piperidine rings is 1. The summed E-state index contributed by atoms with van der Waals surface area (Å²) in [5.41, 5.74) is 0.0416. The Kier molecular flexibility index (Phi) is 3.59. The normalized spacial score (nSPS) is 28.6. The Balaban J connectivity index is 1.94. The third-order valence-corrected chi connectivity index (χ3v) is 4.68. The first-order valence-electron chi connectivity index (χ1n) is 6.91. The molecule has 3 nitrogen and oxygen atoms in total. The summed E-state index contributed by atoms with van der Waals surface area (Å²) in [7, 11) is 1.45. The molecule has 2 atom stereocenters. The first kappa shape index (κ1) is 13.7. The summed E-state index contributed by atoms with van der Waals surface area (Å²) in [6, 6.07) is 4.73. The number of halogens is 2. The largest absolute Gasteiger partial charge is 0.496 e. The Morgan fingerprint density at radius 1 is 1.35 bits per heavy atom. The zero-order valence-electron chi connectivity index (χ0n) is 11.3. The summed E-state index contributed by atoms with van der Waals surface area (Å²) >= 11 is 6.22. The Morgan fingerprint density at radius 2 is 2.00 bits per heavy atom. The van der Waals surface area contributed by atoms with Gasteiger partial charge in [-0.05, 0) is 37.8 Å². The van der Waals surface area contributed by atoms with E-state index in [0.717, 1.165) is 25.7 Å². The van der Waals surface area contributed by atoms with Crippen LogP contribution in [-0.4, -0.2) is 35.4 Å². The summed E-state index contributed by atoms with van der Waals surface area (Å²) < 4.78 is 19.2. The molecule has 2 saturated heterocycles. The third kappa shape index (κ3) is 2.16. The number of amides is 1. The van der Waals surface area contributed by atoms with Crippen molar-refractivity contribution in [3.63, 3.8) is 0 Å². The average molecular weight is 298 g/mol. The molecule has 0 aromatic heterocycles. The molecule has 2 aliphatic heterocycles. The van der Waals surface area contributed by atoms with Crippen molar-refractivity contribution >= 4 is 17.5 Å². The van der Waals surface area contributed by atoms with E-state index >= 15 is 0 Å². The molecule has 0 aliphatic carbocycles. The standard InChI is InChI=1S/C15H17ClFNO2/c1-20-13-4-2-3-12(17)14(13)15(19)18-10-5-6-11(18)8-9(16)7-10/h2-4,9-11H,5-8H2,1H3. The lowest BCUT2D eigenvalue weighted by Gasteiger charge is -2.37. The number of fused-ring (bicyclic) bond motifs is 2. The predicted octanol–water partition coefficient (Wildman–Crippen LogP) is 3.21. The molecule has 1 amide bonds. The first-order chi connectivity index (χ1) is 9.61. The summed E-state index contributed by atoms with van der Waals surface area (Å²) in [6.07, 6.45) is 3.49. The molecule has 0 N–H and O–H groups in total. The number of alkyl halides is 1. The van der Waals surface area contributed by atoms with Crippen LogP contribution in [0.2, 0.25) is 0 Å². The molecule has 3 rings (SSSR count). The van der Waals surface area contributed by atoms with Gasteiger partial charge in [-0.25, -0.2) is 4.39 Å². The maximum absolute atomic E-state index is 14.0. The van der Waals surface area contributed by atoms with Gasteiger partial charge in [-0.15, -0.1) is 11.6 Å². The van der Waals surface area contributed by atoms with Crippen LogP contribution in [0.25, 0.3) is 0 Å². The van der Waals surface area contributed by atoms with Crippen LogP contribution in [0.15, 0.2) is 18.2 Å². The highest BCUT2D eigenvalue weighted by atomic mass is 35.5. The van der Waals surface area contributed by atoms with E-state index in [4.69, 9.17) is 16.3 Å². The number of methoxy groups -OCH3 is 1. The van der Waals surface area contributed by atoms with Gasteiger partial charge in [0.25, 0.3) is 5.91 Å². The summed E-state index contributed by atoms with van der Waals surface area (Å²) in [5, 5.41) is 0.124. The second kappa shape index (κ2) is 5.24. The fourth-order valence-electron chi connectivity index (χ4n) is 3.45. The molecular weight excluding hydrogens is 281 g/mol. The van der Waals surface area contributed by atoms with Gasteiger partial charge in [-0.1, -0.05) is 6.07 Å². The fraction of sp³-hybridized carbons (Fsp3) is 0.533. The Bertz CT molecular complexity index is 523. The van der Waals surface area contributed by atoms with Crippen molar-refractivity contribution in [3.8, 4) is 5.75 Å². The van der Waals surface area contributed by atoms with Crippen LogP contribution in [0.5, 0.6) is 5.75 Å². The van der Waals surface area contributed by atoms with Crippen molar-refractivity contribution in [2.45, 2.75) is 43.1 Å². The van der Waals surface area contributed by atoms with Crippen molar-refractivity contribution in [2.24, 2.45) is 0 Å². The zero-order valence-corrected chi connectivity index (χ0v) is 12.1. The summed E-state index contributed by atoms with van der Waals surface area (Å²) in [6.45, 7) is 0. The molecule has 1 aromatic carbocycles. The number of hydrogen-bond acceptors (Lipinski definition) is 2. The SMILES string of the molecule is COc1cccc(F)c1C(=O)N1C2CCC1CC(Cl)C2. The molecule has 2 fully saturated rings. The van der Waals surface area contributed by atoms with Crippen LogP contribution < -0.4 is 4.74 Å². The molecule has 1 aromatic rings. The van der Waals surface area contributed by atoms with Gasteiger partial charge in [0.2, 0.25) is 0 Å². The number of benzene rings is 1. The highest BCUT2D eigenvalue weighted by molar-refractivity contribution is 6.20. The molecule has 108 valence electrons. The van der Waals surface area contributed by atoms with Crippen molar-refractivity contribution in [1.82, 2.24) is 4.90 Å². The molecule has 2 aliphatic rings. The number of ether oxygens (including phenoxy) is 1. The highest BCUT2D eigenvalue weighted by Gasteiger charge is 2.44. The quantitative estimate of drug-likeness (QED) is 0.785. The predicted molar refractivity (Wildman–Crippen MR) is 74.8 cm³/mol. The monoisotopic (exact) mass is 297 g/mol. The van der Waals surface area contributed by atoms with E-state index < -0.39 is 5.82 Å². The summed E-state index contributed by atoms with van der Waals surface area (Å²) in [4.78, 5) is 14.5. The zero-order chi connectivity index (χ0) is 14.3. The van der Waals surface area contributed by atoms with E-state index in [0.29, 0.717) is 5.75 Å². The third-order valence-electron chi connectivity index (χ3n) is 4.32. The van der Waals surface area contributed by atoms with Crippen LogP contribution in [0.4, 0.5) is 4.39 Å². The van der Waals surface area contributed by atoms with Crippen LogP contribution in [0.1, 0.15) is 36.0 Å². The molecule has 0 saturated carbocycles. The van der Waals surface area contributed by atoms with E-state index in [1.807, 2.05) is 4.90 Å².